The number of anilines is 2. The first-order valence-corrected chi connectivity index (χ1v) is 7.24. The Morgan fingerprint density at radius 3 is 2.87 bits per heavy atom. The van der Waals surface area contributed by atoms with E-state index < -0.39 is 0 Å². The minimum atomic E-state index is 0.438. The Morgan fingerprint density at radius 1 is 1.22 bits per heavy atom. The van der Waals surface area contributed by atoms with Crippen molar-refractivity contribution in [2.24, 2.45) is 0 Å². The number of aromatic nitrogens is 6. The van der Waals surface area contributed by atoms with Crippen molar-refractivity contribution in [1.82, 2.24) is 29.8 Å². The van der Waals surface area contributed by atoms with Gasteiger partial charge in [-0.2, -0.15) is 4.52 Å². The van der Waals surface area contributed by atoms with Crippen molar-refractivity contribution in [3.05, 3.63) is 30.4 Å². The average Bonchev–Trinajstić information content (AvgIpc) is 2.96. The maximum Gasteiger partial charge on any atom is 0.218 e. The number of nitrogens with one attached hydrogen (secondary N) is 1. The Morgan fingerprint density at radius 2 is 2.09 bits per heavy atom. The summed E-state index contributed by atoms with van der Waals surface area (Å²) >= 11 is 0. The van der Waals surface area contributed by atoms with Crippen LogP contribution in [0.2, 0.25) is 0 Å². The molecule has 0 amide bonds. The van der Waals surface area contributed by atoms with E-state index in [0.29, 0.717) is 36.3 Å². The zero-order valence-electron chi connectivity index (χ0n) is 13.3. The number of hydrogen-bond acceptors (Lipinski definition) is 8. The summed E-state index contributed by atoms with van der Waals surface area (Å²) in [4.78, 5) is 10.1. The Hall–Kier alpha value is -2.97. The van der Waals surface area contributed by atoms with Crippen molar-refractivity contribution < 1.29 is 4.74 Å². The van der Waals surface area contributed by atoms with Crippen LogP contribution < -0.4 is 15.0 Å². The smallest absolute Gasteiger partial charge is 0.218 e. The van der Waals surface area contributed by atoms with Gasteiger partial charge in [-0.25, -0.2) is 9.97 Å². The van der Waals surface area contributed by atoms with Crippen LogP contribution in [0.1, 0.15) is 12.7 Å². The number of ether oxygens (including phenoxy) is 1. The van der Waals surface area contributed by atoms with Crippen LogP contribution >= 0.6 is 0 Å². The molecular weight excluding hydrogens is 296 g/mol. The van der Waals surface area contributed by atoms with Gasteiger partial charge in [0.1, 0.15) is 18.0 Å². The van der Waals surface area contributed by atoms with Gasteiger partial charge in [-0.3, -0.25) is 0 Å². The van der Waals surface area contributed by atoms with E-state index in [1.807, 2.05) is 38.1 Å². The molecule has 3 aromatic heterocycles. The zero-order chi connectivity index (χ0) is 16.2. The highest BCUT2D eigenvalue weighted by molar-refractivity contribution is 5.45. The SMILES string of the molecule is CCOc1cc(NCc2nnc3ccc(N(C)C)nn23)ncn1. The molecule has 0 aliphatic heterocycles. The third-order valence-corrected chi connectivity index (χ3v) is 3.13. The number of nitrogens with zero attached hydrogens (tertiary/aromatic N) is 7. The van der Waals surface area contributed by atoms with Crippen LogP contribution in [0.15, 0.2) is 24.5 Å². The maximum absolute atomic E-state index is 5.35. The molecule has 0 spiro atoms. The third kappa shape index (κ3) is 3.28. The maximum atomic E-state index is 5.35. The quantitative estimate of drug-likeness (QED) is 0.720. The summed E-state index contributed by atoms with van der Waals surface area (Å²) in [5.41, 5.74) is 0.699. The largest absolute Gasteiger partial charge is 0.478 e. The van der Waals surface area contributed by atoms with E-state index in [4.69, 9.17) is 4.74 Å². The molecule has 23 heavy (non-hydrogen) atoms. The van der Waals surface area contributed by atoms with Crippen LogP contribution in [-0.2, 0) is 6.54 Å². The predicted octanol–water partition coefficient (Wildman–Crippen LogP) is 0.991. The molecule has 0 radical (unpaired) electrons. The normalized spacial score (nSPS) is 10.7. The molecule has 0 aliphatic rings. The highest BCUT2D eigenvalue weighted by Gasteiger charge is 2.09. The van der Waals surface area contributed by atoms with Gasteiger partial charge in [0.25, 0.3) is 0 Å². The fourth-order valence-electron chi connectivity index (χ4n) is 2.00. The highest BCUT2D eigenvalue weighted by Crippen LogP contribution is 2.13. The molecule has 1 N–H and O–H groups in total. The highest BCUT2D eigenvalue weighted by atomic mass is 16.5. The lowest BCUT2D eigenvalue weighted by molar-refractivity contribution is 0.326. The summed E-state index contributed by atoms with van der Waals surface area (Å²) in [6.07, 6.45) is 1.46. The summed E-state index contributed by atoms with van der Waals surface area (Å²) in [6.45, 7) is 2.90. The Labute approximate surface area is 133 Å². The van der Waals surface area contributed by atoms with Gasteiger partial charge in [0, 0.05) is 20.2 Å². The van der Waals surface area contributed by atoms with Crippen molar-refractivity contribution >= 4 is 17.3 Å². The number of hydrogen-bond donors (Lipinski definition) is 1. The fraction of sp³-hybridized carbons (Fsp3) is 0.357. The molecule has 0 saturated heterocycles. The van der Waals surface area contributed by atoms with Gasteiger partial charge in [0.15, 0.2) is 11.5 Å². The first kappa shape index (κ1) is 14.9. The van der Waals surface area contributed by atoms with Crippen LogP contribution in [0.5, 0.6) is 5.88 Å². The van der Waals surface area contributed by atoms with Crippen LogP contribution in [0, 0.1) is 0 Å². The Balaban J connectivity index is 1.79. The minimum absolute atomic E-state index is 0.438. The van der Waals surface area contributed by atoms with E-state index in [9.17, 15) is 0 Å². The van der Waals surface area contributed by atoms with Gasteiger partial charge in [-0.15, -0.1) is 15.3 Å². The fourth-order valence-corrected chi connectivity index (χ4v) is 2.00. The molecule has 3 rings (SSSR count). The average molecular weight is 314 g/mol. The Kier molecular flexibility index (Phi) is 4.18. The lowest BCUT2D eigenvalue weighted by Crippen LogP contribution is -2.14. The van der Waals surface area contributed by atoms with Gasteiger partial charge in [0.2, 0.25) is 5.88 Å². The van der Waals surface area contributed by atoms with Crippen LogP contribution in [-0.4, -0.2) is 50.5 Å². The van der Waals surface area contributed by atoms with Crippen molar-refractivity contribution in [3.63, 3.8) is 0 Å². The molecule has 0 bridgehead atoms. The molecule has 0 aromatic carbocycles. The summed E-state index contributed by atoms with van der Waals surface area (Å²) in [5.74, 6) is 2.72. The summed E-state index contributed by atoms with van der Waals surface area (Å²) in [5, 5.41) is 16.0. The standard InChI is InChI=1S/C14H18N8O/c1-4-23-14-7-10(16-9-17-14)15-8-13-19-18-11-5-6-12(21(2)3)20-22(11)13/h5-7,9H,4,8H2,1-3H3,(H,15,16,17). The van der Waals surface area contributed by atoms with Gasteiger partial charge < -0.3 is 15.0 Å². The molecule has 0 unspecified atom stereocenters. The van der Waals surface area contributed by atoms with E-state index in [1.54, 1.807) is 10.6 Å². The van der Waals surface area contributed by atoms with Crippen molar-refractivity contribution in [2.45, 2.75) is 13.5 Å². The molecule has 0 saturated carbocycles. The first-order valence-electron chi connectivity index (χ1n) is 7.24. The van der Waals surface area contributed by atoms with Gasteiger partial charge in [0.05, 0.1) is 13.2 Å². The molecule has 0 aliphatic carbocycles. The second kappa shape index (κ2) is 6.42. The second-order valence-corrected chi connectivity index (χ2v) is 5.00. The van der Waals surface area contributed by atoms with Crippen LogP contribution in [0.3, 0.4) is 0 Å². The Bertz CT molecular complexity index is 800. The van der Waals surface area contributed by atoms with E-state index in [-0.39, 0.29) is 0 Å². The molecule has 9 nitrogen and oxygen atoms in total. The van der Waals surface area contributed by atoms with Crippen LogP contribution in [0.25, 0.3) is 5.65 Å². The molecule has 0 fully saturated rings. The van der Waals surface area contributed by atoms with Crippen molar-refractivity contribution in [2.75, 3.05) is 30.9 Å². The minimum Gasteiger partial charge on any atom is -0.478 e. The predicted molar refractivity (Wildman–Crippen MR) is 85.6 cm³/mol. The van der Waals surface area contributed by atoms with Crippen molar-refractivity contribution in [3.8, 4) is 5.88 Å². The first-order chi connectivity index (χ1) is 11.2. The van der Waals surface area contributed by atoms with E-state index in [1.165, 1.54) is 6.33 Å². The van der Waals surface area contributed by atoms with Gasteiger partial charge in [-0.1, -0.05) is 0 Å². The van der Waals surface area contributed by atoms with Gasteiger partial charge in [-0.05, 0) is 19.1 Å². The lowest BCUT2D eigenvalue weighted by atomic mass is 10.5. The molecule has 3 aromatic rings. The number of fused-ring (bicyclic) bond motifs is 1. The lowest BCUT2D eigenvalue weighted by Gasteiger charge is -2.11. The zero-order valence-corrected chi connectivity index (χ0v) is 13.3. The molecule has 3 heterocycles. The monoisotopic (exact) mass is 314 g/mol. The van der Waals surface area contributed by atoms with Crippen LogP contribution in [0.4, 0.5) is 11.6 Å². The topological polar surface area (TPSA) is 93.4 Å². The molecule has 0 atom stereocenters. The third-order valence-electron chi connectivity index (χ3n) is 3.13. The van der Waals surface area contributed by atoms with E-state index in [2.05, 4.69) is 30.6 Å². The summed E-state index contributed by atoms with van der Waals surface area (Å²) < 4.78 is 7.07. The summed E-state index contributed by atoms with van der Waals surface area (Å²) in [7, 11) is 3.87. The van der Waals surface area contributed by atoms with E-state index in [0.717, 1.165) is 5.82 Å². The van der Waals surface area contributed by atoms with Gasteiger partial charge >= 0.3 is 0 Å². The van der Waals surface area contributed by atoms with E-state index >= 15 is 0 Å². The molecular formula is C14H18N8O. The molecule has 120 valence electrons. The van der Waals surface area contributed by atoms with Crippen molar-refractivity contribution in [1.29, 1.82) is 0 Å². The summed E-state index contributed by atoms with van der Waals surface area (Å²) in [6, 6.07) is 5.53. The number of rotatable bonds is 6. The molecule has 9 heteroatoms. The second-order valence-electron chi connectivity index (χ2n) is 5.00.